The van der Waals surface area contributed by atoms with Crippen LogP contribution in [0, 0.1) is 11.8 Å². The number of carbonyl (C=O) groups excluding carboxylic acids is 1. The summed E-state index contributed by atoms with van der Waals surface area (Å²) in [7, 11) is 1.41. The molecular weight excluding hydrogens is 210 g/mol. The van der Waals surface area contributed by atoms with Gasteiger partial charge in [-0.3, -0.25) is 4.79 Å². The normalized spacial score (nSPS) is 8.81. The topological polar surface area (TPSA) is 89.6 Å². The summed E-state index contributed by atoms with van der Waals surface area (Å²) in [5.41, 5.74) is 5.24. The van der Waals surface area contributed by atoms with Crippen molar-refractivity contribution in [3.8, 4) is 17.6 Å². The number of ether oxygens (including phenoxy) is 1. The first-order chi connectivity index (χ1) is 7.52. The molecule has 0 radical (unpaired) electrons. The van der Waals surface area contributed by atoms with E-state index in [2.05, 4.69) is 11.8 Å². The number of hydrogen-bond acceptors (Lipinski definition) is 3. The second kappa shape index (κ2) is 4.84. The minimum atomic E-state index is -1.10. The number of methoxy groups -OCH3 is 1. The summed E-state index contributed by atoms with van der Waals surface area (Å²) >= 11 is 0. The van der Waals surface area contributed by atoms with Crippen LogP contribution in [0.2, 0.25) is 0 Å². The van der Waals surface area contributed by atoms with Crippen molar-refractivity contribution in [2.75, 3.05) is 7.11 Å². The highest BCUT2D eigenvalue weighted by Gasteiger charge is 2.06. The Morgan fingerprint density at radius 3 is 2.56 bits per heavy atom. The molecular formula is C11H9NO4. The number of carbonyl (C=O) groups is 2. The number of rotatable bonds is 2. The van der Waals surface area contributed by atoms with Crippen LogP contribution in [0.1, 0.15) is 15.9 Å². The minimum absolute atomic E-state index is 0.0353. The molecule has 3 N–H and O–H groups in total. The Kier molecular flexibility index (Phi) is 3.51. The Balaban J connectivity index is 3.20. The van der Waals surface area contributed by atoms with E-state index in [-0.39, 0.29) is 5.56 Å². The number of nitrogens with two attached hydrogens (primary N) is 1. The molecule has 0 aliphatic rings. The molecule has 0 aromatic heterocycles. The lowest BCUT2D eigenvalue weighted by Crippen LogP contribution is -2.06. The summed E-state index contributed by atoms with van der Waals surface area (Å²) in [6.45, 7) is 0. The van der Waals surface area contributed by atoms with E-state index < -0.39 is 11.9 Å². The third-order valence-electron chi connectivity index (χ3n) is 1.72. The van der Waals surface area contributed by atoms with Crippen LogP contribution >= 0.6 is 0 Å². The number of aromatic carboxylic acids is 1. The van der Waals surface area contributed by atoms with Crippen molar-refractivity contribution >= 4 is 11.9 Å². The van der Waals surface area contributed by atoms with Gasteiger partial charge in [0.05, 0.1) is 12.7 Å². The van der Waals surface area contributed by atoms with Gasteiger partial charge in [-0.1, -0.05) is 5.92 Å². The molecule has 0 aliphatic heterocycles. The molecule has 1 rings (SSSR count). The first kappa shape index (κ1) is 11.6. The van der Waals surface area contributed by atoms with Gasteiger partial charge in [0.15, 0.2) is 0 Å². The lowest BCUT2D eigenvalue weighted by atomic mass is 10.1. The molecule has 0 fully saturated rings. The van der Waals surface area contributed by atoms with Crippen molar-refractivity contribution in [1.82, 2.24) is 0 Å². The fourth-order valence-electron chi connectivity index (χ4n) is 1.05. The molecule has 0 atom stereocenters. The monoisotopic (exact) mass is 219 g/mol. The first-order valence-electron chi connectivity index (χ1n) is 4.26. The summed E-state index contributed by atoms with van der Waals surface area (Å²) in [6, 6.07) is 4.21. The van der Waals surface area contributed by atoms with E-state index in [0.717, 1.165) is 0 Å². The van der Waals surface area contributed by atoms with Gasteiger partial charge in [-0.05, 0) is 24.1 Å². The molecule has 0 spiro atoms. The van der Waals surface area contributed by atoms with Crippen molar-refractivity contribution in [3.05, 3.63) is 29.3 Å². The SMILES string of the molecule is COc1cc(C#CC(N)=O)cc(C(=O)O)c1. The van der Waals surface area contributed by atoms with Gasteiger partial charge in [-0.15, -0.1) is 0 Å². The Morgan fingerprint density at radius 1 is 1.38 bits per heavy atom. The van der Waals surface area contributed by atoms with Gasteiger partial charge in [0, 0.05) is 5.56 Å². The largest absolute Gasteiger partial charge is 0.497 e. The second-order valence-corrected chi connectivity index (χ2v) is 2.87. The third-order valence-corrected chi connectivity index (χ3v) is 1.72. The second-order valence-electron chi connectivity index (χ2n) is 2.87. The standard InChI is InChI=1S/C11H9NO4/c1-16-9-5-7(2-3-10(12)13)4-8(6-9)11(14)15/h4-6H,1H3,(H2,12,13)(H,14,15). The molecule has 0 aliphatic carbocycles. The quantitative estimate of drug-likeness (QED) is 0.697. The van der Waals surface area contributed by atoms with E-state index in [9.17, 15) is 9.59 Å². The van der Waals surface area contributed by atoms with Crippen molar-refractivity contribution in [2.45, 2.75) is 0 Å². The predicted octanol–water partition coefficient (Wildman–Crippen LogP) is 0.230. The Morgan fingerprint density at radius 2 is 2.06 bits per heavy atom. The maximum absolute atomic E-state index is 10.8. The molecule has 0 saturated carbocycles. The summed E-state index contributed by atoms with van der Waals surface area (Å²) in [6.07, 6.45) is 0. The highest BCUT2D eigenvalue weighted by atomic mass is 16.5. The van der Waals surface area contributed by atoms with E-state index in [4.69, 9.17) is 15.6 Å². The van der Waals surface area contributed by atoms with Crippen LogP contribution in [-0.4, -0.2) is 24.1 Å². The lowest BCUT2D eigenvalue weighted by molar-refractivity contribution is -0.112. The maximum atomic E-state index is 10.8. The van der Waals surface area contributed by atoms with Crippen LogP contribution in [0.25, 0.3) is 0 Å². The zero-order chi connectivity index (χ0) is 12.1. The minimum Gasteiger partial charge on any atom is -0.497 e. The highest BCUT2D eigenvalue weighted by molar-refractivity contribution is 5.93. The van der Waals surface area contributed by atoms with E-state index in [1.807, 2.05) is 0 Å². The molecule has 16 heavy (non-hydrogen) atoms. The van der Waals surface area contributed by atoms with Crippen LogP contribution in [-0.2, 0) is 4.79 Å². The van der Waals surface area contributed by atoms with Crippen molar-refractivity contribution < 1.29 is 19.4 Å². The Labute approximate surface area is 91.8 Å². The average molecular weight is 219 g/mol. The number of benzene rings is 1. The molecule has 0 unspecified atom stereocenters. The summed E-state index contributed by atoms with van der Waals surface area (Å²) in [5.74, 6) is 3.05. The van der Waals surface area contributed by atoms with Gasteiger partial charge in [-0.25, -0.2) is 4.79 Å². The molecule has 1 aromatic carbocycles. The smallest absolute Gasteiger partial charge is 0.335 e. The number of carboxylic acid groups (broad SMARTS) is 1. The van der Waals surface area contributed by atoms with E-state index >= 15 is 0 Å². The van der Waals surface area contributed by atoms with Crippen LogP contribution < -0.4 is 10.5 Å². The van der Waals surface area contributed by atoms with Gasteiger partial charge in [0.25, 0.3) is 5.91 Å². The number of amides is 1. The van der Waals surface area contributed by atoms with Crippen molar-refractivity contribution in [1.29, 1.82) is 0 Å². The molecule has 0 bridgehead atoms. The number of carboxylic acids is 1. The maximum Gasteiger partial charge on any atom is 0.335 e. The Hall–Kier alpha value is -2.48. The summed E-state index contributed by atoms with van der Waals surface area (Å²) in [4.78, 5) is 21.2. The fraction of sp³-hybridized carbons (Fsp3) is 0.0909. The number of hydrogen-bond donors (Lipinski definition) is 2. The van der Waals surface area contributed by atoms with Crippen LogP contribution in [0.5, 0.6) is 5.75 Å². The summed E-state index contributed by atoms with van der Waals surface area (Å²) in [5, 5.41) is 8.81. The molecule has 0 saturated heterocycles. The van der Waals surface area contributed by atoms with Gasteiger partial charge in [0.2, 0.25) is 0 Å². The van der Waals surface area contributed by atoms with Gasteiger partial charge in [0.1, 0.15) is 5.75 Å². The molecule has 1 aromatic rings. The van der Waals surface area contributed by atoms with E-state index in [0.29, 0.717) is 11.3 Å². The zero-order valence-electron chi connectivity index (χ0n) is 8.48. The van der Waals surface area contributed by atoms with E-state index in [1.165, 1.54) is 25.3 Å². The van der Waals surface area contributed by atoms with Gasteiger partial charge < -0.3 is 15.6 Å². The molecule has 82 valence electrons. The average Bonchev–Trinajstić information content (AvgIpc) is 2.25. The Bertz CT molecular complexity index is 496. The van der Waals surface area contributed by atoms with E-state index in [1.54, 1.807) is 0 Å². The first-order valence-corrected chi connectivity index (χ1v) is 4.26. The zero-order valence-corrected chi connectivity index (χ0v) is 8.48. The molecule has 5 heteroatoms. The van der Waals surface area contributed by atoms with Crippen molar-refractivity contribution in [3.63, 3.8) is 0 Å². The predicted molar refractivity (Wildman–Crippen MR) is 56.0 cm³/mol. The molecule has 0 heterocycles. The fourth-order valence-corrected chi connectivity index (χ4v) is 1.05. The third kappa shape index (κ3) is 3.03. The highest BCUT2D eigenvalue weighted by Crippen LogP contribution is 2.16. The summed E-state index contributed by atoms with van der Waals surface area (Å²) < 4.78 is 4.91. The van der Waals surface area contributed by atoms with Crippen LogP contribution in [0.15, 0.2) is 18.2 Å². The van der Waals surface area contributed by atoms with Crippen LogP contribution in [0.3, 0.4) is 0 Å². The van der Waals surface area contributed by atoms with Gasteiger partial charge in [-0.2, -0.15) is 0 Å². The molecule has 1 amide bonds. The molecule has 5 nitrogen and oxygen atoms in total. The van der Waals surface area contributed by atoms with Crippen LogP contribution in [0.4, 0.5) is 0 Å². The van der Waals surface area contributed by atoms with Gasteiger partial charge >= 0.3 is 5.97 Å². The van der Waals surface area contributed by atoms with Crippen molar-refractivity contribution in [2.24, 2.45) is 5.73 Å². The number of primary amides is 1. The lowest BCUT2D eigenvalue weighted by Gasteiger charge is -2.02.